The number of para-hydroxylation sites is 1. The molecule has 1 amide bonds. The maximum absolute atomic E-state index is 13.3. The molecular weight excluding hydrogens is 453 g/mol. The molecule has 0 aliphatic carbocycles. The standard InChI is InChI=1S/C25H22FN5O2S/c1-16-7-9-17(10-8-16)22-23(24(32)27-19-13-11-18(26)12-14-19)34-25-29-28-21(31(25)30-22)15-33-20-5-3-2-4-6-20/h2-14,22-23,30H,15H2,1H3,(H,27,32). The van der Waals surface area contributed by atoms with Crippen LogP contribution in [0.3, 0.4) is 0 Å². The van der Waals surface area contributed by atoms with Crippen molar-refractivity contribution in [2.75, 3.05) is 10.7 Å². The molecule has 34 heavy (non-hydrogen) atoms. The largest absolute Gasteiger partial charge is 0.486 e. The molecular formula is C25H22FN5O2S. The summed E-state index contributed by atoms with van der Waals surface area (Å²) in [5.41, 5.74) is 6.02. The van der Waals surface area contributed by atoms with E-state index in [4.69, 9.17) is 4.74 Å². The fourth-order valence-corrected chi connectivity index (χ4v) is 4.73. The lowest BCUT2D eigenvalue weighted by Crippen LogP contribution is -2.41. The number of benzene rings is 3. The summed E-state index contributed by atoms with van der Waals surface area (Å²) < 4.78 is 20.9. The van der Waals surface area contributed by atoms with Crippen LogP contribution >= 0.6 is 11.8 Å². The zero-order valence-electron chi connectivity index (χ0n) is 18.3. The maximum atomic E-state index is 13.3. The highest BCUT2D eigenvalue weighted by Gasteiger charge is 2.38. The molecule has 7 nitrogen and oxygen atoms in total. The van der Waals surface area contributed by atoms with Gasteiger partial charge in [-0.05, 0) is 48.9 Å². The van der Waals surface area contributed by atoms with Crippen molar-refractivity contribution in [3.05, 3.63) is 102 Å². The third kappa shape index (κ3) is 4.74. The predicted octanol–water partition coefficient (Wildman–Crippen LogP) is 4.70. The third-order valence-electron chi connectivity index (χ3n) is 5.42. The zero-order valence-corrected chi connectivity index (χ0v) is 19.1. The number of rotatable bonds is 6. The minimum absolute atomic E-state index is 0.217. The smallest absolute Gasteiger partial charge is 0.240 e. The second-order valence-corrected chi connectivity index (χ2v) is 9.00. The summed E-state index contributed by atoms with van der Waals surface area (Å²) >= 11 is 1.32. The number of hydrogen-bond acceptors (Lipinski definition) is 6. The van der Waals surface area contributed by atoms with Gasteiger partial charge in [-0.25, -0.2) is 9.07 Å². The summed E-state index contributed by atoms with van der Waals surface area (Å²) in [5, 5.41) is 11.5. The number of anilines is 1. The fourth-order valence-electron chi connectivity index (χ4n) is 3.63. The summed E-state index contributed by atoms with van der Waals surface area (Å²) in [6.45, 7) is 2.24. The van der Waals surface area contributed by atoms with Crippen LogP contribution in [-0.2, 0) is 11.4 Å². The van der Waals surface area contributed by atoms with E-state index in [0.29, 0.717) is 16.7 Å². The fraction of sp³-hybridized carbons (Fsp3) is 0.160. The lowest BCUT2D eigenvalue weighted by atomic mass is 10.0. The van der Waals surface area contributed by atoms with Crippen molar-refractivity contribution in [1.82, 2.24) is 14.9 Å². The van der Waals surface area contributed by atoms with Crippen LogP contribution in [0.15, 0.2) is 84.0 Å². The highest BCUT2D eigenvalue weighted by molar-refractivity contribution is 8.00. The highest BCUT2D eigenvalue weighted by Crippen LogP contribution is 2.37. The second-order valence-electron chi connectivity index (χ2n) is 7.89. The Bertz CT molecular complexity index is 1280. The third-order valence-corrected chi connectivity index (χ3v) is 6.64. The molecule has 2 unspecified atom stereocenters. The molecule has 172 valence electrons. The van der Waals surface area contributed by atoms with Crippen LogP contribution in [0.25, 0.3) is 0 Å². The van der Waals surface area contributed by atoms with Crippen LogP contribution in [0.4, 0.5) is 10.1 Å². The first-order chi connectivity index (χ1) is 16.6. The first-order valence-electron chi connectivity index (χ1n) is 10.8. The molecule has 5 rings (SSSR count). The summed E-state index contributed by atoms with van der Waals surface area (Å²) in [4.78, 5) is 13.3. The van der Waals surface area contributed by atoms with E-state index in [1.165, 1.54) is 36.0 Å². The highest BCUT2D eigenvalue weighted by atomic mass is 32.2. The lowest BCUT2D eigenvalue weighted by Gasteiger charge is -2.33. The van der Waals surface area contributed by atoms with Crippen LogP contribution in [0.1, 0.15) is 23.0 Å². The topological polar surface area (TPSA) is 81.1 Å². The summed E-state index contributed by atoms with van der Waals surface area (Å²) in [7, 11) is 0. The van der Waals surface area contributed by atoms with E-state index in [0.717, 1.165) is 16.9 Å². The first-order valence-corrected chi connectivity index (χ1v) is 11.6. The van der Waals surface area contributed by atoms with Gasteiger partial charge in [0.05, 0.1) is 6.04 Å². The second kappa shape index (κ2) is 9.56. The van der Waals surface area contributed by atoms with Gasteiger partial charge in [0.2, 0.25) is 11.1 Å². The van der Waals surface area contributed by atoms with Gasteiger partial charge in [-0.2, -0.15) is 0 Å². The van der Waals surface area contributed by atoms with Gasteiger partial charge in [-0.3, -0.25) is 4.79 Å². The Balaban J connectivity index is 1.41. The predicted molar refractivity (Wildman–Crippen MR) is 129 cm³/mol. The number of fused-ring (bicyclic) bond motifs is 1. The summed E-state index contributed by atoms with van der Waals surface area (Å²) in [6, 6.07) is 22.9. The average molecular weight is 476 g/mol. The quantitative estimate of drug-likeness (QED) is 0.421. The Morgan fingerprint density at radius 3 is 2.53 bits per heavy atom. The number of ether oxygens (including phenoxy) is 1. The van der Waals surface area contributed by atoms with Gasteiger partial charge in [-0.1, -0.05) is 59.8 Å². The number of nitrogens with zero attached hydrogens (tertiary/aromatic N) is 3. The summed E-state index contributed by atoms with van der Waals surface area (Å²) in [6.07, 6.45) is 0. The molecule has 1 aliphatic rings. The van der Waals surface area contributed by atoms with Crippen molar-refractivity contribution in [3.8, 4) is 5.75 Å². The van der Waals surface area contributed by atoms with Crippen molar-refractivity contribution in [2.45, 2.75) is 30.0 Å². The Hall–Kier alpha value is -3.85. The van der Waals surface area contributed by atoms with Crippen LogP contribution in [0.5, 0.6) is 5.75 Å². The number of nitrogens with one attached hydrogen (secondary N) is 2. The maximum Gasteiger partial charge on any atom is 0.240 e. The van der Waals surface area contributed by atoms with Crippen LogP contribution < -0.4 is 15.5 Å². The van der Waals surface area contributed by atoms with Gasteiger partial charge < -0.3 is 15.5 Å². The molecule has 9 heteroatoms. The van der Waals surface area contributed by atoms with E-state index in [9.17, 15) is 9.18 Å². The number of aromatic nitrogens is 3. The number of carbonyl (C=O) groups is 1. The lowest BCUT2D eigenvalue weighted by molar-refractivity contribution is -0.116. The molecule has 2 atom stereocenters. The number of carbonyl (C=O) groups excluding carboxylic acids is 1. The number of hydrogen-bond donors (Lipinski definition) is 2. The normalized spacial score (nSPS) is 16.9. The Morgan fingerprint density at radius 2 is 1.79 bits per heavy atom. The molecule has 0 saturated heterocycles. The molecule has 1 aromatic heterocycles. The number of aryl methyl sites for hydroxylation is 1. The van der Waals surface area contributed by atoms with Gasteiger partial charge in [-0.15, -0.1) is 10.2 Å². The van der Waals surface area contributed by atoms with E-state index in [2.05, 4.69) is 20.9 Å². The van der Waals surface area contributed by atoms with Crippen molar-refractivity contribution < 1.29 is 13.9 Å². The van der Waals surface area contributed by atoms with Crippen LogP contribution in [0, 0.1) is 12.7 Å². The van der Waals surface area contributed by atoms with E-state index < -0.39 is 5.25 Å². The number of amides is 1. The SMILES string of the molecule is Cc1ccc(C2Nn3c(COc4ccccc4)nnc3SC2C(=O)Nc2ccc(F)cc2)cc1. The van der Waals surface area contributed by atoms with E-state index >= 15 is 0 Å². The monoisotopic (exact) mass is 475 g/mol. The first kappa shape index (κ1) is 22.0. The number of thioether (sulfide) groups is 1. The number of halogens is 1. The average Bonchev–Trinajstić information content (AvgIpc) is 3.26. The molecule has 3 aromatic carbocycles. The molecule has 1 aliphatic heterocycles. The molecule has 2 N–H and O–H groups in total. The molecule has 4 aromatic rings. The van der Waals surface area contributed by atoms with E-state index in [1.54, 1.807) is 4.68 Å². The molecule has 0 fully saturated rings. The minimum atomic E-state index is -0.535. The van der Waals surface area contributed by atoms with Crippen molar-refractivity contribution in [2.24, 2.45) is 0 Å². The van der Waals surface area contributed by atoms with Gasteiger partial charge in [0.25, 0.3) is 0 Å². The zero-order chi connectivity index (χ0) is 23.5. The van der Waals surface area contributed by atoms with E-state index in [1.807, 2.05) is 61.5 Å². The Morgan fingerprint density at radius 1 is 1.06 bits per heavy atom. The Kier molecular flexibility index (Phi) is 6.18. The van der Waals surface area contributed by atoms with Gasteiger partial charge in [0.15, 0.2) is 5.82 Å². The van der Waals surface area contributed by atoms with Crippen LogP contribution in [-0.4, -0.2) is 26.0 Å². The van der Waals surface area contributed by atoms with Gasteiger partial charge >= 0.3 is 0 Å². The van der Waals surface area contributed by atoms with Crippen molar-refractivity contribution in [1.29, 1.82) is 0 Å². The molecule has 0 saturated carbocycles. The van der Waals surface area contributed by atoms with Gasteiger partial charge in [0.1, 0.15) is 23.4 Å². The molecule has 0 bridgehead atoms. The van der Waals surface area contributed by atoms with Crippen molar-refractivity contribution >= 4 is 23.4 Å². The minimum Gasteiger partial charge on any atom is -0.486 e. The molecule has 0 radical (unpaired) electrons. The Labute approximate surface area is 200 Å². The summed E-state index contributed by atoms with van der Waals surface area (Å²) in [5.74, 6) is 0.754. The van der Waals surface area contributed by atoms with Crippen LogP contribution in [0.2, 0.25) is 0 Å². The van der Waals surface area contributed by atoms with Crippen molar-refractivity contribution in [3.63, 3.8) is 0 Å². The van der Waals surface area contributed by atoms with Gasteiger partial charge in [0, 0.05) is 5.69 Å². The van der Waals surface area contributed by atoms with E-state index in [-0.39, 0.29) is 24.4 Å². The molecule has 0 spiro atoms. The molecule has 2 heterocycles.